The SMILES string of the molecule is CCCC(=O)C(C)(C)CC. The van der Waals surface area contributed by atoms with Crippen LogP contribution in [0.1, 0.15) is 47.0 Å². The highest BCUT2D eigenvalue weighted by atomic mass is 16.1. The summed E-state index contributed by atoms with van der Waals surface area (Å²) < 4.78 is 0. The van der Waals surface area contributed by atoms with E-state index in [-0.39, 0.29) is 5.41 Å². The molecule has 1 heteroatoms. The van der Waals surface area contributed by atoms with Crippen LogP contribution in [0.3, 0.4) is 0 Å². The fraction of sp³-hybridized carbons (Fsp3) is 0.889. The summed E-state index contributed by atoms with van der Waals surface area (Å²) in [6.45, 7) is 8.15. The molecule has 0 aromatic rings. The van der Waals surface area contributed by atoms with Gasteiger partial charge >= 0.3 is 0 Å². The average Bonchev–Trinajstić information content (AvgIpc) is 1.89. The van der Waals surface area contributed by atoms with Gasteiger partial charge in [-0.3, -0.25) is 4.79 Å². The van der Waals surface area contributed by atoms with Gasteiger partial charge in [-0.05, 0) is 12.8 Å². The van der Waals surface area contributed by atoms with Crippen molar-refractivity contribution in [2.45, 2.75) is 47.0 Å². The lowest BCUT2D eigenvalue weighted by molar-refractivity contribution is -0.127. The lowest BCUT2D eigenvalue weighted by atomic mass is 9.83. The fourth-order valence-electron chi connectivity index (χ4n) is 0.763. The molecule has 0 fully saturated rings. The molecule has 0 amide bonds. The van der Waals surface area contributed by atoms with Crippen LogP contribution < -0.4 is 0 Å². The number of rotatable bonds is 4. The van der Waals surface area contributed by atoms with Crippen LogP contribution in [0.15, 0.2) is 0 Å². The van der Waals surface area contributed by atoms with Gasteiger partial charge in [-0.25, -0.2) is 0 Å². The van der Waals surface area contributed by atoms with Crippen LogP contribution in [0, 0.1) is 5.41 Å². The first kappa shape index (κ1) is 9.67. The van der Waals surface area contributed by atoms with Gasteiger partial charge in [0.05, 0.1) is 0 Å². The predicted molar refractivity (Wildman–Crippen MR) is 44.0 cm³/mol. The second-order valence-electron chi connectivity index (χ2n) is 3.41. The summed E-state index contributed by atoms with van der Waals surface area (Å²) in [4.78, 5) is 11.3. The molecule has 0 spiro atoms. The van der Waals surface area contributed by atoms with E-state index in [4.69, 9.17) is 0 Å². The zero-order valence-corrected chi connectivity index (χ0v) is 7.53. The molecule has 0 aliphatic heterocycles. The lowest BCUT2D eigenvalue weighted by Gasteiger charge is -2.19. The third-order valence-electron chi connectivity index (χ3n) is 2.12. The molecule has 0 saturated carbocycles. The van der Waals surface area contributed by atoms with Crippen LogP contribution in [-0.4, -0.2) is 5.78 Å². The van der Waals surface area contributed by atoms with Crippen molar-refractivity contribution in [1.29, 1.82) is 0 Å². The van der Waals surface area contributed by atoms with Gasteiger partial charge in [0.15, 0.2) is 0 Å². The van der Waals surface area contributed by atoms with E-state index in [2.05, 4.69) is 6.92 Å². The number of Topliss-reactive ketones (excluding diaryl/α,β-unsaturated/α-hetero) is 1. The molecule has 0 aliphatic rings. The molecule has 0 atom stereocenters. The molecule has 0 rings (SSSR count). The summed E-state index contributed by atoms with van der Waals surface area (Å²) in [6, 6.07) is 0. The van der Waals surface area contributed by atoms with Crippen molar-refractivity contribution in [3.63, 3.8) is 0 Å². The Morgan fingerprint density at radius 2 is 1.80 bits per heavy atom. The van der Waals surface area contributed by atoms with Crippen molar-refractivity contribution in [1.82, 2.24) is 0 Å². The zero-order valence-electron chi connectivity index (χ0n) is 7.53. The van der Waals surface area contributed by atoms with Crippen LogP contribution in [0.4, 0.5) is 0 Å². The summed E-state index contributed by atoms with van der Waals surface area (Å²) >= 11 is 0. The highest BCUT2D eigenvalue weighted by Gasteiger charge is 2.23. The van der Waals surface area contributed by atoms with Gasteiger partial charge in [0.1, 0.15) is 5.78 Å². The van der Waals surface area contributed by atoms with Crippen molar-refractivity contribution in [2.75, 3.05) is 0 Å². The van der Waals surface area contributed by atoms with Crippen molar-refractivity contribution in [3.8, 4) is 0 Å². The van der Waals surface area contributed by atoms with Gasteiger partial charge < -0.3 is 0 Å². The quantitative estimate of drug-likeness (QED) is 0.590. The number of hydrogen-bond donors (Lipinski definition) is 0. The van der Waals surface area contributed by atoms with Crippen molar-refractivity contribution in [3.05, 3.63) is 0 Å². The Labute approximate surface area is 63.8 Å². The largest absolute Gasteiger partial charge is 0.299 e. The molecule has 0 aromatic heterocycles. The Kier molecular flexibility index (Phi) is 3.62. The fourth-order valence-corrected chi connectivity index (χ4v) is 0.763. The standard InChI is InChI=1S/C9H18O/c1-5-7-8(10)9(3,4)6-2/h5-7H2,1-4H3. The number of carbonyl (C=O) groups is 1. The van der Waals surface area contributed by atoms with Gasteiger partial charge in [-0.1, -0.05) is 27.7 Å². The monoisotopic (exact) mass is 142 g/mol. The highest BCUT2D eigenvalue weighted by Crippen LogP contribution is 2.22. The maximum Gasteiger partial charge on any atom is 0.138 e. The molecule has 1 nitrogen and oxygen atoms in total. The second kappa shape index (κ2) is 3.75. The Morgan fingerprint density at radius 1 is 1.30 bits per heavy atom. The minimum absolute atomic E-state index is 0.0873. The van der Waals surface area contributed by atoms with E-state index in [1.165, 1.54) is 0 Å². The summed E-state index contributed by atoms with van der Waals surface area (Å²) in [7, 11) is 0. The van der Waals surface area contributed by atoms with Crippen LogP contribution in [0.2, 0.25) is 0 Å². The molecule has 0 unspecified atom stereocenters. The molecule has 0 heterocycles. The van der Waals surface area contributed by atoms with Crippen molar-refractivity contribution < 1.29 is 4.79 Å². The van der Waals surface area contributed by atoms with E-state index in [0.717, 1.165) is 19.3 Å². The molecular weight excluding hydrogens is 124 g/mol. The van der Waals surface area contributed by atoms with Crippen LogP contribution in [0.25, 0.3) is 0 Å². The van der Waals surface area contributed by atoms with Gasteiger partial charge in [-0.2, -0.15) is 0 Å². The molecule has 0 aromatic carbocycles. The topological polar surface area (TPSA) is 17.1 Å². The van der Waals surface area contributed by atoms with Crippen molar-refractivity contribution >= 4 is 5.78 Å². The maximum absolute atomic E-state index is 11.3. The van der Waals surface area contributed by atoms with E-state index < -0.39 is 0 Å². The lowest BCUT2D eigenvalue weighted by Crippen LogP contribution is -2.22. The molecule has 10 heavy (non-hydrogen) atoms. The van der Waals surface area contributed by atoms with Crippen LogP contribution in [0.5, 0.6) is 0 Å². The van der Waals surface area contributed by atoms with Crippen molar-refractivity contribution in [2.24, 2.45) is 5.41 Å². The minimum Gasteiger partial charge on any atom is -0.299 e. The Morgan fingerprint density at radius 3 is 2.10 bits per heavy atom. The smallest absolute Gasteiger partial charge is 0.138 e. The number of ketones is 1. The van der Waals surface area contributed by atoms with E-state index in [9.17, 15) is 4.79 Å². The first-order valence-electron chi connectivity index (χ1n) is 4.08. The van der Waals surface area contributed by atoms with Gasteiger partial charge in [-0.15, -0.1) is 0 Å². The second-order valence-corrected chi connectivity index (χ2v) is 3.41. The summed E-state index contributed by atoms with van der Waals surface area (Å²) in [6.07, 6.45) is 2.66. The predicted octanol–water partition coefficient (Wildman–Crippen LogP) is 2.79. The normalized spacial score (nSPS) is 11.6. The number of hydrogen-bond acceptors (Lipinski definition) is 1. The first-order valence-corrected chi connectivity index (χ1v) is 4.08. The maximum atomic E-state index is 11.3. The van der Waals surface area contributed by atoms with E-state index >= 15 is 0 Å². The first-order chi connectivity index (χ1) is 4.54. The van der Waals surface area contributed by atoms with Crippen LogP contribution >= 0.6 is 0 Å². The van der Waals surface area contributed by atoms with Gasteiger partial charge in [0, 0.05) is 11.8 Å². The third-order valence-corrected chi connectivity index (χ3v) is 2.12. The Balaban J connectivity index is 3.91. The molecule has 0 bridgehead atoms. The molecular formula is C9H18O. The highest BCUT2D eigenvalue weighted by molar-refractivity contribution is 5.83. The number of carbonyl (C=O) groups excluding carboxylic acids is 1. The third kappa shape index (κ3) is 2.51. The molecule has 60 valence electrons. The van der Waals surface area contributed by atoms with E-state index in [1.54, 1.807) is 0 Å². The van der Waals surface area contributed by atoms with Gasteiger partial charge in [0.25, 0.3) is 0 Å². The molecule has 0 N–H and O–H groups in total. The molecule has 0 radical (unpaired) electrons. The summed E-state index contributed by atoms with van der Waals surface area (Å²) in [5.74, 6) is 0.400. The minimum atomic E-state index is -0.0873. The average molecular weight is 142 g/mol. The summed E-state index contributed by atoms with van der Waals surface area (Å²) in [5.41, 5.74) is -0.0873. The van der Waals surface area contributed by atoms with E-state index in [0.29, 0.717) is 5.78 Å². The Bertz CT molecular complexity index is 114. The molecule has 0 saturated heterocycles. The molecule has 0 aliphatic carbocycles. The Hall–Kier alpha value is -0.330. The van der Waals surface area contributed by atoms with E-state index in [1.807, 2.05) is 20.8 Å². The summed E-state index contributed by atoms with van der Waals surface area (Å²) in [5, 5.41) is 0. The van der Waals surface area contributed by atoms with Crippen LogP contribution in [-0.2, 0) is 4.79 Å². The van der Waals surface area contributed by atoms with Gasteiger partial charge in [0.2, 0.25) is 0 Å². The zero-order chi connectivity index (χ0) is 8.20.